The zero-order valence-corrected chi connectivity index (χ0v) is 9.26. The fourth-order valence-corrected chi connectivity index (χ4v) is 1.89. The molecule has 1 unspecified atom stereocenters. The summed E-state index contributed by atoms with van der Waals surface area (Å²) in [5.41, 5.74) is 1.12. The maximum Gasteiger partial charge on any atom is 0.136 e. The van der Waals surface area contributed by atoms with Gasteiger partial charge in [0, 0.05) is 12.8 Å². The molecule has 0 saturated heterocycles. The summed E-state index contributed by atoms with van der Waals surface area (Å²) in [6, 6.07) is 10.0. The van der Waals surface area contributed by atoms with Crippen molar-refractivity contribution in [2.24, 2.45) is 0 Å². The minimum atomic E-state index is 0.0845. The molecule has 0 amide bonds. The molecular weight excluding hydrogens is 200 g/mol. The van der Waals surface area contributed by atoms with Gasteiger partial charge >= 0.3 is 0 Å². The van der Waals surface area contributed by atoms with Crippen molar-refractivity contribution in [1.82, 2.24) is 0 Å². The molecule has 16 heavy (non-hydrogen) atoms. The number of benzene rings is 1. The zero-order chi connectivity index (χ0) is 11.2. The van der Waals surface area contributed by atoms with Crippen LogP contribution in [-0.2, 0) is 9.53 Å². The zero-order valence-electron chi connectivity index (χ0n) is 9.26. The third-order valence-electron chi connectivity index (χ3n) is 2.77. The largest absolute Gasteiger partial charge is 0.498 e. The predicted octanol–water partition coefficient (Wildman–Crippen LogP) is 3.19. The van der Waals surface area contributed by atoms with E-state index in [4.69, 9.17) is 4.74 Å². The highest BCUT2D eigenvalue weighted by Crippen LogP contribution is 2.18. The lowest BCUT2D eigenvalue weighted by Crippen LogP contribution is -2.20. The van der Waals surface area contributed by atoms with E-state index in [0.717, 1.165) is 24.8 Å². The minimum absolute atomic E-state index is 0.0845. The first-order valence-corrected chi connectivity index (χ1v) is 5.73. The van der Waals surface area contributed by atoms with Crippen molar-refractivity contribution in [3.05, 3.63) is 42.2 Å². The van der Waals surface area contributed by atoms with Crippen LogP contribution in [0.1, 0.15) is 31.2 Å². The molecule has 0 aromatic heterocycles. The van der Waals surface area contributed by atoms with Crippen molar-refractivity contribution in [2.45, 2.75) is 31.8 Å². The van der Waals surface area contributed by atoms with E-state index < -0.39 is 0 Å². The molecule has 1 atom stereocenters. The molecular formula is C14H16O2. The number of carbonyl (C=O) groups is 1. The van der Waals surface area contributed by atoms with Crippen molar-refractivity contribution >= 4 is 11.9 Å². The van der Waals surface area contributed by atoms with Crippen molar-refractivity contribution in [2.75, 3.05) is 0 Å². The van der Waals surface area contributed by atoms with E-state index in [-0.39, 0.29) is 6.10 Å². The van der Waals surface area contributed by atoms with E-state index >= 15 is 0 Å². The number of carbonyl (C=O) groups excluding carboxylic acids is 1. The van der Waals surface area contributed by atoms with E-state index in [2.05, 4.69) is 0 Å². The van der Waals surface area contributed by atoms with Gasteiger partial charge in [-0.15, -0.1) is 0 Å². The number of ketones is 1. The molecule has 1 aromatic carbocycles. The molecule has 1 aliphatic carbocycles. The summed E-state index contributed by atoms with van der Waals surface area (Å²) in [5.74, 6) is 0.323. The van der Waals surface area contributed by atoms with E-state index in [1.807, 2.05) is 36.4 Å². The lowest BCUT2D eigenvalue weighted by molar-refractivity contribution is -0.123. The third-order valence-corrected chi connectivity index (χ3v) is 2.77. The molecule has 2 nitrogen and oxygen atoms in total. The Morgan fingerprint density at radius 3 is 2.81 bits per heavy atom. The molecule has 2 rings (SSSR count). The smallest absolute Gasteiger partial charge is 0.136 e. The van der Waals surface area contributed by atoms with Crippen molar-refractivity contribution in [3.8, 4) is 0 Å². The standard InChI is InChI=1S/C14H16O2/c15-13-7-4-8-14(11-13)16-10-9-12-5-2-1-3-6-12/h1-3,5-6,9-10,14H,4,7-8,11H2. The van der Waals surface area contributed by atoms with Crippen molar-refractivity contribution in [1.29, 1.82) is 0 Å². The lowest BCUT2D eigenvalue weighted by Gasteiger charge is -2.19. The molecule has 84 valence electrons. The Morgan fingerprint density at radius 2 is 2.06 bits per heavy atom. The second-order valence-electron chi connectivity index (χ2n) is 4.11. The van der Waals surface area contributed by atoms with Crippen molar-refractivity contribution < 1.29 is 9.53 Å². The summed E-state index contributed by atoms with van der Waals surface area (Å²) < 4.78 is 5.56. The summed E-state index contributed by atoms with van der Waals surface area (Å²) in [4.78, 5) is 11.2. The molecule has 0 heterocycles. The number of hydrogen-bond donors (Lipinski definition) is 0. The van der Waals surface area contributed by atoms with Crippen LogP contribution in [0, 0.1) is 0 Å². The quantitative estimate of drug-likeness (QED) is 0.725. The van der Waals surface area contributed by atoms with Crippen LogP contribution in [0.2, 0.25) is 0 Å². The number of hydrogen-bond acceptors (Lipinski definition) is 2. The predicted molar refractivity (Wildman–Crippen MR) is 63.8 cm³/mol. The van der Waals surface area contributed by atoms with E-state index in [1.54, 1.807) is 6.26 Å². The van der Waals surface area contributed by atoms with Gasteiger partial charge in [-0.3, -0.25) is 4.79 Å². The third kappa shape index (κ3) is 3.23. The number of ether oxygens (including phenoxy) is 1. The molecule has 0 radical (unpaired) electrons. The Morgan fingerprint density at radius 1 is 1.25 bits per heavy atom. The first-order chi connectivity index (χ1) is 7.84. The van der Waals surface area contributed by atoms with Gasteiger partial charge in [0.05, 0.1) is 6.26 Å². The normalized spacial score (nSPS) is 21.2. The molecule has 0 aliphatic heterocycles. The molecule has 1 aromatic rings. The average molecular weight is 216 g/mol. The Balaban J connectivity index is 1.83. The van der Waals surface area contributed by atoms with Crippen LogP contribution >= 0.6 is 0 Å². The molecule has 1 fully saturated rings. The maximum absolute atomic E-state index is 11.2. The van der Waals surface area contributed by atoms with E-state index in [0.29, 0.717) is 12.2 Å². The maximum atomic E-state index is 11.2. The number of rotatable bonds is 3. The van der Waals surface area contributed by atoms with Crippen LogP contribution in [0.4, 0.5) is 0 Å². The Kier molecular flexibility index (Phi) is 3.76. The second kappa shape index (κ2) is 5.50. The highest BCUT2D eigenvalue weighted by Gasteiger charge is 2.19. The van der Waals surface area contributed by atoms with Gasteiger partial charge in [-0.2, -0.15) is 0 Å². The minimum Gasteiger partial charge on any atom is -0.498 e. The fraction of sp³-hybridized carbons (Fsp3) is 0.357. The monoisotopic (exact) mass is 216 g/mol. The molecule has 1 aliphatic rings. The second-order valence-corrected chi connectivity index (χ2v) is 4.11. The average Bonchev–Trinajstić information content (AvgIpc) is 2.30. The summed E-state index contributed by atoms with van der Waals surface area (Å²) in [5, 5.41) is 0. The summed E-state index contributed by atoms with van der Waals surface area (Å²) >= 11 is 0. The van der Waals surface area contributed by atoms with Crippen LogP contribution < -0.4 is 0 Å². The summed E-state index contributed by atoms with van der Waals surface area (Å²) in [6.07, 6.45) is 6.97. The highest BCUT2D eigenvalue weighted by molar-refractivity contribution is 5.79. The van der Waals surface area contributed by atoms with Crippen molar-refractivity contribution in [3.63, 3.8) is 0 Å². The molecule has 0 bridgehead atoms. The summed E-state index contributed by atoms with van der Waals surface area (Å²) in [6.45, 7) is 0. The first kappa shape index (κ1) is 10.9. The van der Waals surface area contributed by atoms with Gasteiger partial charge < -0.3 is 4.74 Å². The van der Waals surface area contributed by atoms with Gasteiger partial charge in [0.1, 0.15) is 11.9 Å². The van der Waals surface area contributed by atoms with Gasteiger partial charge in [-0.1, -0.05) is 30.3 Å². The van der Waals surface area contributed by atoms with E-state index in [1.165, 1.54) is 0 Å². The van der Waals surface area contributed by atoms with Gasteiger partial charge in [-0.05, 0) is 24.5 Å². The Bertz CT molecular complexity index is 368. The van der Waals surface area contributed by atoms with Gasteiger partial charge in [0.15, 0.2) is 0 Å². The van der Waals surface area contributed by atoms with Crippen LogP contribution in [0.5, 0.6) is 0 Å². The molecule has 2 heteroatoms. The highest BCUT2D eigenvalue weighted by atomic mass is 16.5. The topological polar surface area (TPSA) is 26.3 Å². The molecule has 0 N–H and O–H groups in total. The van der Waals surface area contributed by atoms with Gasteiger partial charge in [0.25, 0.3) is 0 Å². The van der Waals surface area contributed by atoms with E-state index in [9.17, 15) is 4.79 Å². The van der Waals surface area contributed by atoms with Crippen LogP contribution in [0.3, 0.4) is 0 Å². The fourth-order valence-electron chi connectivity index (χ4n) is 1.89. The molecule has 1 saturated carbocycles. The first-order valence-electron chi connectivity index (χ1n) is 5.73. The molecule has 0 spiro atoms. The SMILES string of the molecule is O=C1CCCC(OC=Cc2ccccc2)C1. The Hall–Kier alpha value is -1.57. The van der Waals surface area contributed by atoms with Gasteiger partial charge in [0.2, 0.25) is 0 Å². The van der Waals surface area contributed by atoms with Gasteiger partial charge in [-0.25, -0.2) is 0 Å². The van der Waals surface area contributed by atoms with Crippen LogP contribution in [0.25, 0.3) is 6.08 Å². The lowest BCUT2D eigenvalue weighted by atomic mass is 9.97. The van der Waals surface area contributed by atoms with Crippen LogP contribution in [0.15, 0.2) is 36.6 Å². The van der Waals surface area contributed by atoms with Crippen LogP contribution in [-0.4, -0.2) is 11.9 Å². The Labute approximate surface area is 95.9 Å². The number of Topliss-reactive ketones (excluding diaryl/α,β-unsaturated/α-hetero) is 1. The summed E-state index contributed by atoms with van der Waals surface area (Å²) in [7, 11) is 0.